The van der Waals surface area contributed by atoms with Crippen LogP contribution in [0.4, 0.5) is 16.2 Å². The van der Waals surface area contributed by atoms with Crippen molar-refractivity contribution in [3.8, 4) is 0 Å². The summed E-state index contributed by atoms with van der Waals surface area (Å²) in [6.07, 6.45) is 0.316. The lowest BCUT2D eigenvalue weighted by Gasteiger charge is -2.39. The van der Waals surface area contributed by atoms with Gasteiger partial charge in [-0.1, -0.05) is 53.7 Å². The van der Waals surface area contributed by atoms with Gasteiger partial charge in [-0.15, -0.1) is 0 Å². The molecule has 1 aromatic carbocycles. The molecule has 0 radical (unpaired) electrons. The van der Waals surface area contributed by atoms with E-state index in [0.717, 1.165) is 0 Å². The van der Waals surface area contributed by atoms with Gasteiger partial charge in [0.25, 0.3) is 0 Å². The van der Waals surface area contributed by atoms with Gasteiger partial charge in [0.2, 0.25) is 11.8 Å². The van der Waals surface area contributed by atoms with Crippen LogP contribution in [0, 0.1) is 17.8 Å². The van der Waals surface area contributed by atoms with E-state index in [4.69, 9.17) is 0 Å². The van der Waals surface area contributed by atoms with Crippen molar-refractivity contribution in [2.24, 2.45) is 17.8 Å². The van der Waals surface area contributed by atoms with E-state index in [2.05, 4.69) is 16.0 Å². The Hall–Kier alpha value is -3.10. The number of urea groups is 1. The molecule has 0 bridgehead atoms. The van der Waals surface area contributed by atoms with Crippen LogP contribution in [0.25, 0.3) is 0 Å². The van der Waals surface area contributed by atoms with E-state index in [1.165, 1.54) is 4.90 Å². The van der Waals surface area contributed by atoms with Gasteiger partial charge < -0.3 is 21.1 Å². The summed E-state index contributed by atoms with van der Waals surface area (Å²) in [5.74, 6) is -2.44. The standard InChI is InChI=1S/C23H34N4O5/c1-12(2)11-16(20(28)26-18(13(3)4)22(30)31)25-23(32)27-17-10-8-7-9-15(17)24-21(29)19(27)14(5)6/h7-10,12-14,16,18-19H,11H2,1-6H3,(H,24,29)(H,25,32)(H,26,28)(H,30,31)/t16-,18+,19+/m0/s1. The fraction of sp³-hybridized carbons (Fsp3) is 0.565. The Morgan fingerprint density at radius 3 is 2.22 bits per heavy atom. The molecule has 0 aliphatic carbocycles. The first-order valence-electron chi connectivity index (χ1n) is 11.0. The Kier molecular flexibility index (Phi) is 8.24. The van der Waals surface area contributed by atoms with Gasteiger partial charge in [-0.2, -0.15) is 0 Å². The minimum Gasteiger partial charge on any atom is -0.480 e. The Morgan fingerprint density at radius 1 is 1.06 bits per heavy atom. The van der Waals surface area contributed by atoms with Gasteiger partial charge in [-0.05, 0) is 36.3 Å². The van der Waals surface area contributed by atoms with Crippen molar-refractivity contribution >= 4 is 35.2 Å². The first-order chi connectivity index (χ1) is 14.9. The Labute approximate surface area is 188 Å². The maximum Gasteiger partial charge on any atom is 0.326 e. The molecule has 1 aliphatic rings. The number of aliphatic carboxylic acids is 1. The van der Waals surface area contributed by atoms with Crippen LogP contribution in [0.3, 0.4) is 0 Å². The minimum atomic E-state index is -1.13. The number of fused-ring (bicyclic) bond motifs is 1. The fourth-order valence-corrected chi connectivity index (χ4v) is 3.79. The van der Waals surface area contributed by atoms with Crippen LogP contribution in [-0.4, -0.2) is 47.0 Å². The van der Waals surface area contributed by atoms with E-state index >= 15 is 0 Å². The number of hydrogen-bond donors (Lipinski definition) is 4. The Balaban J connectivity index is 2.34. The molecular formula is C23H34N4O5. The fourth-order valence-electron chi connectivity index (χ4n) is 3.79. The van der Waals surface area contributed by atoms with E-state index in [9.17, 15) is 24.3 Å². The summed E-state index contributed by atoms with van der Waals surface area (Å²) in [5, 5.41) is 17.5. The minimum absolute atomic E-state index is 0.0613. The number of carboxylic acids is 1. The lowest BCUT2D eigenvalue weighted by atomic mass is 9.97. The van der Waals surface area contributed by atoms with Gasteiger partial charge in [0.1, 0.15) is 18.1 Å². The molecule has 1 aromatic rings. The third-order valence-corrected chi connectivity index (χ3v) is 5.37. The summed E-state index contributed by atoms with van der Waals surface area (Å²) >= 11 is 0. The largest absolute Gasteiger partial charge is 0.480 e. The Bertz CT molecular complexity index is 868. The van der Waals surface area contributed by atoms with Crippen molar-refractivity contribution in [1.29, 1.82) is 0 Å². The van der Waals surface area contributed by atoms with Crippen molar-refractivity contribution < 1.29 is 24.3 Å². The zero-order valence-corrected chi connectivity index (χ0v) is 19.5. The van der Waals surface area contributed by atoms with E-state index < -0.39 is 36.0 Å². The monoisotopic (exact) mass is 446 g/mol. The molecule has 0 aromatic heterocycles. The molecule has 1 heterocycles. The molecule has 0 fully saturated rings. The number of amides is 4. The zero-order valence-electron chi connectivity index (χ0n) is 19.5. The number of para-hydroxylation sites is 2. The number of anilines is 2. The zero-order chi connectivity index (χ0) is 24.2. The van der Waals surface area contributed by atoms with Crippen LogP contribution >= 0.6 is 0 Å². The van der Waals surface area contributed by atoms with E-state index in [0.29, 0.717) is 17.8 Å². The molecule has 0 unspecified atom stereocenters. The van der Waals surface area contributed by atoms with Crippen molar-refractivity contribution in [1.82, 2.24) is 10.6 Å². The van der Waals surface area contributed by atoms with Crippen molar-refractivity contribution in [3.05, 3.63) is 24.3 Å². The third-order valence-electron chi connectivity index (χ3n) is 5.37. The number of rotatable bonds is 8. The van der Waals surface area contributed by atoms with Gasteiger partial charge in [0.05, 0.1) is 11.4 Å². The van der Waals surface area contributed by atoms with Gasteiger partial charge in [0.15, 0.2) is 0 Å². The maximum atomic E-state index is 13.4. The molecule has 3 atom stereocenters. The third kappa shape index (κ3) is 5.77. The Morgan fingerprint density at radius 2 is 1.69 bits per heavy atom. The second-order valence-electron chi connectivity index (χ2n) is 9.27. The van der Waals surface area contributed by atoms with Crippen molar-refractivity contribution in [2.45, 2.75) is 66.1 Å². The number of hydrogen-bond acceptors (Lipinski definition) is 4. The number of carboxylic acid groups (broad SMARTS) is 1. The first kappa shape index (κ1) is 25.2. The molecule has 1 aliphatic heterocycles. The van der Waals surface area contributed by atoms with Crippen LogP contribution in [0.15, 0.2) is 24.3 Å². The molecule has 0 spiro atoms. The number of benzene rings is 1. The number of carbonyl (C=O) groups is 4. The van der Waals surface area contributed by atoms with Crippen LogP contribution in [0.1, 0.15) is 48.0 Å². The SMILES string of the molecule is CC(C)C[C@H](NC(=O)N1c2ccccc2NC(=O)[C@H]1C(C)C)C(=O)N[C@@H](C(=O)O)C(C)C. The predicted molar refractivity (Wildman–Crippen MR) is 122 cm³/mol. The molecule has 9 heteroatoms. The van der Waals surface area contributed by atoms with Crippen LogP contribution in [0.5, 0.6) is 0 Å². The van der Waals surface area contributed by atoms with Crippen molar-refractivity contribution in [3.63, 3.8) is 0 Å². The highest BCUT2D eigenvalue weighted by atomic mass is 16.4. The molecular weight excluding hydrogens is 412 g/mol. The lowest BCUT2D eigenvalue weighted by Crippen LogP contribution is -2.60. The average molecular weight is 447 g/mol. The summed E-state index contributed by atoms with van der Waals surface area (Å²) < 4.78 is 0. The molecule has 2 rings (SSSR count). The summed E-state index contributed by atoms with van der Waals surface area (Å²) in [5.41, 5.74) is 1.05. The summed E-state index contributed by atoms with van der Waals surface area (Å²) in [7, 11) is 0. The quantitative estimate of drug-likeness (QED) is 0.488. The number of nitrogens with zero attached hydrogens (tertiary/aromatic N) is 1. The van der Waals surface area contributed by atoms with E-state index in [-0.39, 0.29) is 23.7 Å². The second-order valence-corrected chi connectivity index (χ2v) is 9.27. The molecule has 4 N–H and O–H groups in total. The molecule has 4 amide bonds. The van der Waals surface area contributed by atoms with Crippen LogP contribution in [-0.2, 0) is 14.4 Å². The molecule has 0 saturated carbocycles. The number of carbonyl (C=O) groups excluding carboxylic acids is 3. The van der Waals surface area contributed by atoms with Gasteiger partial charge in [-0.3, -0.25) is 14.5 Å². The molecule has 0 saturated heterocycles. The first-order valence-corrected chi connectivity index (χ1v) is 11.0. The average Bonchev–Trinajstić information content (AvgIpc) is 2.68. The smallest absolute Gasteiger partial charge is 0.326 e. The van der Waals surface area contributed by atoms with Crippen LogP contribution < -0.4 is 20.9 Å². The van der Waals surface area contributed by atoms with E-state index in [1.54, 1.807) is 38.1 Å². The summed E-state index contributed by atoms with van der Waals surface area (Å²) in [4.78, 5) is 52.0. The molecule has 9 nitrogen and oxygen atoms in total. The van der Waals surface area contributed by atoms with Gasteiger partial charge in [0, 0.05) is 0 Å². The van der Waals surface area contributed by atoms with Gasteiger partial charge in [-0.25, -0.2) is 9.59 Å². The topological polar surface area (TPSA) is 128 Å². The number of nitrogens with one attached hydrogen (secondary N) is 3. The van der Waals surface area contributed by atoms with E-state index in [1.807, 2.05) is 27.7 Å². The normalized spacial score (nSPS) is 17.6. The van der Waals surface area contributed by atoms with Gasteiger partial charge >= 0.3 is 12.0 Å². The summed E-state index contributed by atoms with van der Waals surface area (Å²) in [6.45, 7) is 10.9. The summed E-state index contributed by atoms with van der Waals surface area (Å²) in [6, 6.07) is 3.62. The highest BCUT2D eigenvalue weighted by molar-refractivity contribution is 6.12. The highest BCUT2D eigenvalue weighted by Gasteiger charge is 2.40. The van der Waals surface area contributed by atoms with Crippen LogP contribution in [0.2, 0.25) is 0 Å². The lowest BCUT2D eigenvalue weighted by molar-refractivity contribution is -0.143. The maximum absolute atomic E-state index is 13.4. The molecule has 176 valence electrons. The molecule has 32 heavy (non-hydrogen) atoms. The predicted octanol–water partition coefficient (Wildman–Crippen LogP) is 2.82. The highest BCUT2D eigenvalue weighted by Crippen LogP contribution is 2.34. The second kappa shape index (κ2) is 10.5. The van der Waals surface area contributed by atoms with Crippen molar-refractivity contribution in [2.75, 3.05) is 10.2 Å².